The highest BCUT2D eigenvalue weighted by Gasteiger charge is 2.20. The lowest BCUT2D eigenvalue weighted by molar-refractivity contribution is -0.113. The van der Waals surface area contributed by atoms with Crippen molar-refractivity contribution in [3.05, 3.63) is 71.1 Å². The van der Waals surface area contributed by atoms with Crippen molar-refractivity contribution in [3.8, 4) is 0 Å². The summed E-state index contributed by atoms with van der Waals surface area (Å²) < 4.78 is 28.8. The SMILES string of the molecule is Cc1ccc(F)cc1NC(=O)CSc1nnc([C@@H](C)NC(=O)c2ccccc2F)n1C. The number of nitrogens with one attached hydrogen (secondary N) is 2. The van der Waals surface area contributed by atoms with Crippen LogP contribution in [0.15, 0.2) is 47.6 Å². The summed E-state index contributed by atoms with van der Waals surface area (Å²) in [6.07, 6.45) is 0. The summed E-state index contributed by atoms with van der Waals surface area (Å²) in [5.74, 6) is -1.43. The van der Waals surface area contributed by atoms with Crippen LogP contribution in [-0.4, -0.2) is 32.3 Å². The Morgan fingerprint density at radius 2 is 1.90 bits per heavy atom. The van der Waals surface area contributed by atoms with Crippen molar-refractivity contribution in [2.24, 2.45) is 7.05 Å². The number of hydrogen-bond donors (Lipinski definition) is 2. The molecule has 0 aliphatic carbocycles. The molecule has 31 heavy (non-hydrogen) atoms. The zero-order valence-electron chi connectivity index (χ0n) is 17.1. The molecule has 3 rings (SSSR count). The van der Waals surface area contributed by atoms with E-state index in [1.54, 1.807) is 37.6 Å². The van der Waals surface area contributed by atoms with E-state index in [9.17, 15) is 18.4 Å². The Hall–Kier alpha value is -3.27. The summed E-state index contributed by atoms with van der Waals surface area (Å²) in [7, 11) is 1.71. The highest BCUT2D eigenvalue weighted by molar-refractivity contribution is 7.99. The minimum absolute atomic E-state index is 0.0396. The maximum Gasteiger partial charge on any atom is 0.254 e. The maximum absolute atomic E-state index is 13.8. The van der Waals surface area contributed by atoms with Gasteiger partial charge in [0.1, 0.15) is 11.6 Å². The van der Waals surface area contributed by atoms with Gasteiger partial charge < -0.3 is 15.2 Å². The predicted octanol–water partition coefficient (Wildman–Crippen LogP) is 3.62. The van der Waals surface area contributed by atoms with Crippen LogP contribution in [0.5, 0.6) is 0 Å². The fourth-order valence-corrected chi connectivity index (χ4v) is 3.58. The second kappa shape index (κ2) is 9.69. The van der Waals surface area contributed by atoms with Crippen LogP contribution >= 0.6 is 11.8 Å². The average Bonchev–Trinajstić information content (AvgIpc) is 3.10. The first-order valence-corrected chi connectivity index (χ1v) is 10.4. The van der Waals surface area contributed by atoms with Gasteiger partial charge in [0.05, 0.1) is 17.4 Å². The molecule has 2 amide bonds. The van der Waals surface area contributed by atoms with Gasteiger partial charge in [-0.2, -0.15) is 0 Å². The molecule has 3 aromatic rings. The molecule has 0 aliphatic heterocycles. The van der Waals surface area contributed by atoms with Gasteiger partial charge in [-0.1, -0.05) is 30.0 Å². The van der Waals surface area contributed by atoms with E-state index in [0.29, 0.717) is 16.7 Å². The van der Waals surface area contributed by atoms with Crippen LogP contribution in [0.3, 0.4) is 0 Å². The third kappa shape index (κ3) is 5.46. The van der Waals surface area contributed by atoms with Gasteiger partial charge in [-0.25, -0.2) is 8.78 Å². The first-order valence-electron chi connectivity index (χ1n) is 9.39. The van der Waals surface area contributed by atoms with Crippen molar-refractivity contribution < 1.29 is 18.4 Å². The second-order valence-electron chi connectivity index (χ2n) is 6.87. The lowest BCUT2D eigenvalue weighted by atomic mass is 10.2. The van der Waals surface area contributed by atoms with Crippen LogP contribution < -0.4 is 10.6 Å². The van der Waals surface area contributed by atoms with Crippen molar-refractivity contribution in [1.82, 2.24) is 20.1 Å². The number of anilines is 1. The minimum atomic E-state index is -0.610. The highest BCUT2D eigenvalue weighted by Crippen LogP contribution is 2.21. The average molecular weight is 445 g/mol. The Kier molecular flexibility index (Phi) is 7.01. The number of amides is 2. The maximum atomic E-state index is 13.8. The number of rotatable bonds is 7. The molecular formula is C21H21F2N5O2S. The van der Waals surface area contributed by atoms with Crippen molar-refractivity contribution in [2.75, 3.05) is 11.1 Å². The van der Waals surface area contributed by atoms with Crippen molar-refractivity contribution >= 4 is 29.3 Å². The van der Waals surface area contributed by atoms with Gasteiger partial charge in [0, 0.05) is 12.7 Å². The Bertz CT molecular complexity index is 1120. The quantitative estimate of drug-likeness (QED) is 0.542. The smallest absolute Gasteiger partial charge is 0.254 e. The Morgan fingerprint density at radius 3 is 2.65 bits per heavy atom. The first kappa shape index (κ1) is 22.4. The molecular weight excluding hydrogens is 424 g/mol. The molecule has 0 unspecified atom stereocenters. The molecule has 0 bridgehead atoms. The van der Waals surface area contributed by atoms with Gasteiger partial charge in [0.25, 0.3) is 5.91 Å². The summed E-state index contributed by atoms with van der Waals surface area (Å²) in [6, 6.07) is 9.34. The number of nitrogens with zero attached hydrogens (tertiary/aromatic N) is 3. The van der Waals surface area contributed by atoms with Gasteiger partial charge in [-0.3, -0.25) is 9.59 Å². The molecule has 7 nitrogen and oxygen atoms in total. The molecule has 0 fully saturated rings. The predicted molar refractivity (Wildman–Crippen MR) is 114 cm³/mol. The molecule has 0 radical (unpaired) electrons. The van der Waals surface area contributed by atoms with E-state index < -0.39 is 23.6 Å². The van der Waals surface area contributed by atoms with Crippen LogP contribution in [0, 0.1) is 18.6 Å². The number of benzene rings is 2. The first-order chi connectivity index (χ1) is 14.8. The van der Waals surface area contributed by atoms with Gasteiger partial charge in [0.2, 0.25) is 5.91 Å². The Labute approximate surface area is 182 Å². The number of carbonyl (C=O) groups is 2. The lowest BCUT2D eigenvalue weighted by Crippen LogP contribution is -2.29. The number of halogens is 2. The zero-order valence-corrected chi connectivity index (χ0v) is 18.0. The van der Waals surface area contributed by atoms with Gasteiger partial charge in [-0.05, 0) is 43.7 Å². The van der Waals surface area contributed by atoms with Gasteiger partial charge >= 0.3 is 0 Å². The number of hydrogen-bond acceptors (Lipinski definition) is 5. The topological polar surface area (TPSA) is 88.9 Å². The van der Waals surface area contributed by atoms with Gasteiger partial charge in [-0.15, -0.1) is 10.2 Å². The molecule has 0 saturated heterocycles. The van der Waals surface area contributed by atoms with Crippen LogP contribution in [0.25, 0.3) is 0 Å². The van der Waals surface area contributed by atoms with E-state index >= 15 is 0 Å². The molecule has 0 aliphatic rings. The van der Waals surface area contributed by atoms with Crippen molar-refractivity contribution in [2.45, 2.75) is 25.0 Å². The Balaban J connectivity index is 1.60. The van der Waals surface area contributed by atoms with Crippen molar-refractivity contribution in [1.29, 1.82) is 0 Å². The molecule has 0 spiro atoms. The van der Waals surface area contributed by atoms with Crippen LogP contribution in [0.4, 0.5) is 14.5 Å². The van der Waals surface area contributed by atoms with E-state index in [0.717, 1.165) is 17.3 Å². The molecule has 0 saturated carbocycles. The largest absolute Gasteiger partial charge is 0.342 e. The Morgan fingerprint density at radius 1 is 1.16 bits per heavy atom. The number of thioether (sulfide) groups is 1. The van der Waals surface area contributed by atoms with Crippen LogP contribution in [-0.2, 0) is 11.8 Å². The fraction of sp³-hybridized carbons (Fsp3) is 0.238. The summed E-state index contributed by atoms with van der Waals surface area (Å²) >= 11 is 1.15. The third-order valence-electron chi connectivity index (χ3n) is 4.53. The molecule has 2 aromatic carbocycles. The molecule has 10 heteroatoms. The van der Waals surface area contributed by atoms with E-state index in [-0.39, 0.29) is 17.2 Å². The lowest BCUT2D eigenvalue weighted by Gasteiger charge is -2.14. The molecule has 2 N–H and O–H groups in total. The zero-order chi connectivity index (χ0) is 22.5. The normalized spacial score (nSPS) is 11.8. The van der Waals surface area contributed by atoms with Gasteiger partial charge in [0.15, 0.2) is 11.0 Å². The number of aromatic nitrogens is 3. The van der Waals surface area contributed by atoms with E-state index in [2.05, 4.69) is 20.8 Å². The molecule has 1 atom stereocenters. The fourth-order valence-electron chi connectivity index (χ4n) is 2.86. The van der Waals surface area contributed by atoms with Crippen molar-refractivity contribution in [3.63, 3.8) is 0 Å². The second-order valence-corrected chi connectivity index (χ2v) is 7.81. The third-order valence-corrected chi connectivity index (χ3v) is 5.55. The summed E-state index contributed by atoms with van der Waals surface area (Å²) in [6.45, 7) is 3.48. The van der Waals surface area contributed by atoms with E-state index in [4.69, 9.17) is 0 Å². The summed E-state index contributed by atoms with van der Waals surface area (Å²) in [5, 5.41) is 14.0. The van der Waals surface area contributed by atoms with Crippen LogP contribution in [0.2, 0.25) is 0 Å². The number of carbonyl (C=O) groups excluding carboxylic acids is 2. The minimum Gasteiger partial charge on any atom is -0.342 e. The highest BCUT2D eigenvalue weighted by atomic mass is 32.2. The number of aryl methyl sites for hydroxylation is 1. The molecule has 162 valence electrons. The monoisotopic (exact) mass is 445 g/mol. The molecule has 1 aromatic heterocycles. The standard InChI is InChI=1S/C21H21F2N5O2S/c1-12-8-9-14(22)10-17(12)25-18(29)11-31-21-27-26-19(28(21)3)13(2)24-20(30)15-6-4-5-7-16(15)23/h4-10,13H,11H2,1-3H3,(H,24,30)(H,25,29)/t13-/m1/s1. The summed E-state index contributed by atoms with van der Waals surface area (Å²) in [4.78, 5) is 24.5. The molecule has 1 heterocycles. The van der Waals surface area contributed by atoms with E-state index in [1.165, 1.54) is 30.3 Å². The van der Waals surface area contributed by atoms with E-state index in [1.807, 2.05) is 0 Å². The summed E-state index contributed by atoms with van der Waals surface area (Å²) in [5.41, 5.74) is 1.10. The van der Waals surface area contributed by atoms with Crippen LogP contribution in [0.1, 0.15) is 34.7 Å².